The number of aromatic nitrogens is 1. The summed E-state index contributed by atoms with van der Waals surface area (Å²) in [7, 11) is 0. The lowest BCUT2D eigenvalue weighted by atomic mass is 9.87. The van der Waals surface area contributed by atoms with Crippen LogP contribution in [0.1, 0.15) is 20.8 Å². The third-order valence-electron chi connectivity index (χ3n) is 3.93. The molecule has 0 aliphatic rings. The molecule has 0 fully saturated rings. The molecule has 0 saturated heterocycles. The van der Waals surface area contributed by atoms with Crippen molar-refractivity contribution in [2.45, 2.75) is 26.9 Å². The van der Waals surface area contributed by atoms with Crippen molar-refractivity contribution in [1.29, 1.82) is 0 Å². The Morgan fingerprint density at radius 3 is 2.48 bits per heavy atom. The van der Waals surface area contributed by atoms with Crippen LogP contribution in [0.15, 0.2) is 48.7 Å². The number of ether oxygens (including phenoxy) is 2. The molecule has 1 atom stereocenters. The highest BCUT2D eigenvalue weighted by molar-refractivity contribution is 5.77. The van der Waals surface area contributed by atoms with Gasteiger partial charge in [0.05, 0.1) is 6.10 Å². The smallest absolute Gasteiger partial charge is 0.257 e. The number of rotatable bonds is 8. The van der Waals surface area contributed by atoms with Gasteiger partial charge < -0.3 is 19.9 Å². The van der Waals surface area contributed by atoms with E-state index in [2.05, 4.69) is 10.3 Å². The maximum absolute atomic E-state index is 11.8. The average molecular weight is 344 g/mol. The Hall–Kier alpha value is -2.60. The van der Waals surface area contributed by atoms with E-state index in [9.17, 15) is 9.90 Å². The van der Waals surface area contributed by atoms with Gasteiger partial charge in [0.15, 0.2) is 6.61 Å². The topological polar surface area (TPSA) is 80.7 Å². The predicted molar refractivity (Wildman–Crippen MR) is 94.7 cm³/mol. The van der Waals surface area contributed by atoms with Crippen molar-refractivity contribution < 1.29 is 19.4 Å². The molecule has 1 heterocycles. The Kier molecular flexibility index (Phi) is 6.36. The number of pyridine rings is 1. The SMILES string of the molecule is CC(O)C(C)(C)CNC(=O)COc1ccc(Oc2ccccn2)cc1. The zero-order valence-corrected chi connectivity index (χ0v) is 14.7. The highest BCUT2D eigenvalue weighted by atomic mass is 16.5. The number of aliphatic hydroxyl groups is 1. The van der Waals surface area contributed by atoms with E-state index >= 15 is 0 Å². The van der Waals surface area contributed by atoms with Crippen LogP contribution in [0.3, 0.4) is 0 Å². The lowest BCUT2D eigenvalue weighted by molar-refractivity contribution is -0.123. The number of benzene rings is 1. The number of carbonyl (C=O) groups excluding carboxylic acids is 1. The Balaban J connectivity index is 1.78. The first-order valence-electron chi connectivity index (χ1n) is 8.13. The van der Waals surface area contributed by atoms with Crippen molar-refractivity contribution in [2.24, 2.45) is 5.41 Å². The predicted octanol–water partition coefficient (Wildman–Crippen LogP) is 2.78. The number of hydrogen-bond donors (Lipinski definition) is 2. The van der Waals surface area contributed by atoms with Gasteiger partial charge in [0.1, 0.15) is 11.5 Å². The van der Waals surface area contributed by atoms with Gasteiger partial charge in [-0.3, -0.25) is 4.79 Å². The van der Waals surface area contributed by atoms with Crippen molar-refractivity contribution in [3.63, 3.8) is 0 Å². The van der Waals surface area contributed by atoms with E-state index < -0.39 is 6.10 Å². The quantitative estimate of drug-likeness (QED) is 0.770. The minimum atomic E-state index is -0.514. The van der Waals surface area contributed by atoms with Crippen LogP contribution in [0.4, 0.5) is 0 Å². The molecule has 0 radical (unpaired) electrons. The molecule has 2 rings (SSSR count). The number of aliphatic hydroxyl groups excluding tert-OH is 1. The summed E-state index contributed by atoms with van der Waals surface area (Å²) in [5.74, 6) is 1.48. The third-order valence-corrected chi connectivity index (χ3v) is 3.93. The van der Waals surface area contributed by atoms with Gasteiger partial charge in [-0.15, -0.1) is 0 Å². The van der Waals surface area contributed by atoms with E-state index in [1.165, 1.54) is 0 Å². The maximum Gasteiger partial charge on any atom is 0.257 e. The van der Waals surface area contributed by atoms with Crippen LogP contribution in [0.2, 0.25) is 0 Å². The average Bonchev–Trinajstić information content (AvgIpc) is 2.60. The van der Waals surface area contributed by atoms with Crippen LogP contribution in [0.25, 0.3) is 0 Å². The van der Waals surface area contributed by atoms with Crippen LogP contribution >= 0.6 is 0 Å². The van der Waals surface area contributed by atoms with Gasteiger partial charge in [0, 0.05) is 24.2 Å². The highest BCUT2D eigenvalue weighted by Crippen LogP contribution is 2.22. The summed E-state index contributed by atoms with van der Waals surface area (Å²) in [6, 6.07) is 12.4. The van der Waals surface area contributed by atoms with Crippen LogP contribution in [-0.4, -0.2) is 35.3 Å². The fraction of sp³-hybridized carbons (Fsp3) is 0.368. The molecule has 134 valence electrons. The second kappa shape index (κ2) is 8.48. The molecule has 2 N–H and O–H groups in total. The number of hydrogen-bond acceptors (Lipinski definition) is 5. The highest BCUT2D eigenvalue weighted by Gasteiger charge is 2.24. The molecule has 0 bridgehead atoms. The molecule has 1 amide bonds. The number of nitrogens with one attached hydrogen (secondary N) is 1. The molecule has 1 unspecified atom stereocenters. The van der Waals surface area contributed by atoms with Crippen molar-refractivity contribution in [2.75, 3.05) is 13.2 Å². The zero-order chi connectivity index (χ0) is 18.3. The molecule has 0 aliphatic carbocycles. The molecular formula is C19H24N2O4. The van der Waals surface area contributed by atoms with Crippen molar-refractivity contribution in [3.8, 4) is 17.4 Å². The molecule has 0 aliphatic heterocycles. The fourth-order valence-corrected chi connectivity index (χ4v) is 1.81. The third kappa shape index (κ3) is 6.08. The van der Waals surface area contributed by atoms with Crippen molar-refractivity contribution in [3.05, 3.63) is 48.7 Å². The molecule has 1 aromatic heterocycles. The fourth-order valence-electron chi connectivity index (χ4n) is 1.81. The van der Waals surface area contributed by atoms with Crippen molar-refractivity contribution in [1.82, 2.24) is 10.3 Å². The molecular weight excluding hydrogens is 320 g/mol. The number of nitrogens with zero attached hydrogens (tertiary/aromatic N) is 1. The van der Waals surface area contributed by atoms with E-state index in [-0.39, 0.29) is 17.9 Å². The zero-order valence-electron chi connectivity index (χ0n) is 14.7. The van der Waals surface area contributed by atoms with Gasteiger partial charge in [0.25, 0.3) is 5.91 Å². The summed E-state index contributed by atoms with van der Waals surface area (Å²) in [4.78, 5) is 15.9. The van der Waals surface area contributed by atoms with Gasteiger partial charge in [-0.2, -0.15) is 0 Å². The normalized spacial score (nSPS) is 12.3. The molecule has 25 heavy (non-hydrogen) atoms. The standard InChI is InChI=1S/C19H24N2O4/c1-14(22)19(2,3)13-21-17(23)12-24-15-7-9-16(10-8-15)25-18-6-4-5-11-20-18/h4-11,14,22H,12-13H2,1-3H3,(H,21,23). The molecule has 0 saturated carbocycles. The van der Waals surface area contributed by atoms with Crippen LogP contribution in [-0.2, 0) is 4.79 Å². The Morgan fingerprint density at radius 2 is 1.88 bits per heavy atom. The lowest BCUT2D eigenvalue weighted by Crippen LogP contribution is -2.41. The van der Waals surface area contributed by atoms with E-state index in [4.69, 9.17) is 9.47 Å². The first-order chi connectivity index (χ1) is 11.9. The van der Waals surface area contributed by atoms with E-state index in [1.807, 2.05) is 26.0 Å². The summed E-state index contributed by atoms with van der Waals surface area (Å²) in [5.41, 5.74) is -0.389. The van der Waals surface area contributed by atoms with Gasteiger partial charge in [-0.1, -0.05) is 19.9 Å². The number of amides is 1. The molecule has 0 spiro atoms. The second-order valence-corrected chi connectivity index (χ2v) is 6.47. The molecule has 6 heteroatoms. The summed E-state index contributed by atoms with van der Waals surface area (Å²) < 4.78 is 11.0. The maximum atomic E-state index is 11.8. The Bertz CT molecular complexity index is 670. The number of carbonyl (C=O) groups is 1. The summed E-state index contributed by atoms with van der Waals surface area (Å²) in [5, 5.41) is 12.4. The van der Waals surface area contributed by atoms with Gasteiger partial charge in [0.2, 0.25) is 5.88 Å². The van der Waals surface area contributed by atoms with Crippen LogP contribution in [0, 0.1) is 5.41 Å². The van der Waals surface area contributed by atoms with Crippen LogP contribution < -0.4 is 14.8 Å². The summed E-state index contributed by atoms with van der Waals surface area (Å²) in [6.45, 7) is 5.77. The first kappa shape index (κ1) is 18.7. The van der Waals surface area contributed by atoms with Gasteiger partial charge >= 0.3 is 0 Å². The largest absolute Gasteiger partial charge is 0.484 e. The van der Waals surface area contributed by atoms with E-state index in [1.54, 1.807) is 43.5 Å². The monoisotopic (exact) mass is 344 g/mol. The van der Waals surface area contributed by atoms with Gasteiger partial charge in [-0.05, 0) is 37.3 Å². The van der Waals surface area contributed by atoms with Crippen LogP contribution in [0.5, 0.6) is 17.4 Å². The Labute approximate surface area is 147 Å². The first-order valence-corrected chi connectivity index (χ1v) is 8.13. The second-order valence-electron chi connectivity index (χ2n) is 6.47. The van der Waals surface area contributed by atoms with E-state index in [0.29, 0.717) is 23.9 Å². The summed E-state index contributed by atoms with van der Waals surface area (Å²) >= 11 is 0. The molecule has 2 aromatic rings. The summed E-state index contributed by atoms with van der Waals surface area (Å²) in [6.07, 6.45) is 1.14. The lowest BCUT2D eigenvalue weighted by Gasteiger charge is -2.28. The molecule has 6 nitrogen and oxygen atoms in total. The van der Waals surface area contributed by atoms with Crippen molar-refractivity contribution >= 4 is 5.91 Å². The Morgan fingerprint density at radius 1 is 1.20 bits per heavy atom. The van der Waals surface area contributed by atoms with E-state index in [0.717, 1.165) is 0 Å². The minimum Gasteiger partial charge on any atom is -0.484 e. The van der Waals surface area contributed by atoms with Gasteiger partial charge in [-0.25, -0.2) is 4.98 Å². The minimum absolute atomic E-state index is 0.0870. The molecule has 1 aromatic carbocycles.